The van der Waals surface area contributed by atoms with Gasteiger partial charge in [0.25, 0.3) is 0 Å². The number of fused-ring (bicyclic) bond motifs is 1. The van der Waals surface area contributed by atoms with Crippen LogP contribution in [-0.4, -0.2) is 16.4 Å². The van der Waals surface area contributed by atoms with Gasteiger partial charge in [-0.15, -0.1) is 6.58 Å². The van der Waals surface area contributed by atoms with Crippen LogP contribution in [0.2, 0.25) is 0 Å². The molecule has 0 spiro atoms. The van der Waals surface area contributed by atoms with Crippen LogP contribution in [0.4, 0.5) is 5.69 Å². The van der Waals surface area contributed by atoms with Crippen LogP contribution in [0, 0.1) is 0 Å². The van der Waals surface area contributed by atoms with Crippen LogP contribution in [0.15, 0.2) is 35.8 Å². The highest BCUT2D eigenvalue weighted by Gasteiger charge is 2.08. The molecule has 1 aromatic carbocycles. The highest BCUT2D eigenvalue weighted by Crippen LogP contribution is 2.22. The molecule has 1 N–H and O–H groups in total. The summed E-state index contributed by atoms with van der Waals surface area (Å²) in [5.41, 5.74) is 1.70. The first-order valence-corrected chi connectivity index (χ1v) is 7.46. The van der Waals surface area contributed by atoms with Gasteiger partial charge in [-0.3, -0.25) is 9.59 Å². The molecule has 21 heavy (non-hydrogen) atoms. The van der Waals surface area contributed by atoms with Crippen molar-refractivity contribution in [1.82, 2.24) is 4.57 Å². The first-order valence-electron chi connectivity index (χ1n) is 6.64. The molecule has 2 aromatic rings. The predicted octanol–water partition coefficient (Wildman–Crippen LogP) is 2.68. The Balaban J connectivity index is 2.61. The van der Waals surface area contributed by atoms with E-state index in [4.69, 9.17) is 0 Å². The second-order valence-electron chi connectivity index (χ2n) is 4.51. The lowest BCUT2D eigenvalue weighted by Crippen LogP contribution is -2.15. The van der Waals surface area contributed by atoms with Crippen LogP contribution in [0.5, 0.6) is 0 Å². The Bertz CT molecular complexity index is 771. The molecule has 0 bridgehead atoms. The number of nitrogens with zero attached hydrogens (tertiary/aromatic N) is 2. The van der Waals surface area contributed by atoms with Crippen molar-refractivity contribution in [3.63, 3.8) is 0 Å². The maximum atomic E-state index is 11.6. The highest BCUT2D eigenvalue weighted by atomic mass is 32.1. The smallest absolute Gasteiger partial charge is 0.248 e. The molecule has 0 saturated heterocycles. The summed E-state index contributed by atoms with van der Waals surface area (Å²) in [5.74, 6) is -0.266. The molecule has 5 nitrogen and oxygen atoms in total. The van der Waals surface area contributed by atoms with E-state index in [0.717, 1.165) is 15.9 Å². The summed E-state index contributed by atoms with van der Waals surface area (Å²) < 4.78 is 2.91. The van der Waals surface area contributed by atoms with Gasteiger partial charge in [0.1, 0.15) is 0 Å². The number of hydrogen-bond donors (Lipinski definition) is 1. The summed E-state index contributed by atoms with van der Waals surface area (Å²) >= 11 is 1.43. The maximum absolute atomic E-state index is 11.6. The number of amides is 2. The number of nitrogens with one attached hydrogen (secondary N) is 1. The Morgan fingerprint density at radius 1 is 1.48 bits per heavy atom. The van der Waals surface area contributed by atoms with Crippen molar-refractivity contribution in [2.24, 2.45) is 4.99 Å². The second-order valence-corrected chi connectivity index (χ2v) is 5.52. The monoisotopic (exact) mass is 303 g/mol. The van der Waals surface area contributed by atoms with Crippen molar-refractivity contribution in [2.75, 3.05) is 5.32 Å². The van der Waals surface area contributed by atoms with Gasteiger partial charge >= 0.3 is 0 Å². The lowest BCUT2D eigenvalue weighted by Gasteiger charge is -2.03. The number of hydrogen-bond acceptors (Lipinski definition) is 3. The summed E-state index contributed by atoms with van der Waals surface area (Å²) in [6.07, 6.45) is 2.14. The van der Waals surface area contributed by atoms with Crippen LogP contribution >= 0.6 is 11.3 Å². The Hall–Kier alpha value is -2.21. The van der Waals surface area contributed by atoms with Crippen molar-refractivity contribution in [1.29, 1.82) is 0 Å². The minimum atomic E-state index is -0.151. The van der Waals surface area contributed by atoms with Crippen LogP contribution in [-0.2, 0) is 16.1 Å². The molecule has 0 saturated carbocycles. The van der Waals surface area contributed by atoms with E-state index in [2.05, 4.69) is 16.9 Å². The highest BCUT2D eigenvalue weighted by molar-refractivity contribution is 7.16. The minimum Gasteiger partial charge on any atom is -0.326 e. The number of benzene rings is 1. The summed E-state index contributed by atoms with van der Waals surface area (Å²) in [6, 6.07) is 5.63. The number of thiazole rings is 1. The predicted molar refractivity (Wildman–Crippen MR) is 85.2 cm³/mol. The summed E-state index contributed by atoms with van der Waals surface area (Å²) in [7, 11) is 0. The lowest BCUT2D eigenvalue weighted by atomic mass is 10.3. The van der Waals surface area contributed by atoms with Crippen LogP contribution in [0.3, 0.4) is 0 Å². The van der Waals surface area contributed by atoms with Crippen molar-refractivity contribution in [3.8, 4) is 0 Å². The Kier molecular flexibility index (Phi) is 4.70. The van der Waals surface area contributed by atoms with Crippen LogP contribution in [0.1, 0.15) is 20.3 Å². The van der Waals surface area contributed by atoms with E-state index in [0.29, 0.717) is 17.8 Å². The number of carbonyl (C=O) groups excluding carboxylic acids is 2. The van der Waals surface area contributed by atoms with Gasteiger partial charge in [-0.1, -0.05) is 24.3 Å². The molecular formula is C15H17N3O2S. The zero-order chi connectivity index (χ0) is 15.4. The molecule has 0 fully saturated rings. The van der Waals surface area contributed by atoms with Crippen LogP contribution in [0.25, 0.3) is 10.2 Å². The minimum absolute atomic E-state index is 0.115. The van der Waals surface area contributed by atoms with Gasteiger partial charge in [-0.05, 0) is 18.2 Å². The van der Waals surface area contributed by atoms with Gasteiger partial charge in [0, 0.05) is 25.6 Å². The molecule has 0 unspecified atom stereocenters. The van der Waals surface area contributed by atoms with Crippen LogP contribution < -0.4 is 10.1 Å². The zero-order valence-electron chi connectivity index (χ0n) is 12.0. The van der Waals surface area contributed by atoms with E-state index in [1.807, 2.05) is 22.8 Å². The van der Waals surface area contributed by atoms with E-state index in [-0.39, 0.29) is 11.8 Å². The number of allylic oxidation sites excluding steroid dienone is 1. The fourth-order valence-corrected chi connectivity index (χ4v) is 3.03. The van der Waals surface area contributed by atoms with E-state index in [1.54, 1.807) is 13.0 Å². The quantitative estimate of drug-likeness (QED) is 0.883. The van der Waals surface area contributed by atoms with Gasteiger partial charge < -0.3 is 9.88 Å². The molecule has 0 aliphatic heterocycles. The van der Waals surface area contributed by atoms with Crippen molar-refractivity contribution in [2.45, 2.75) is 26.8 Å². The van der Waals surface area contributed by atoms with E-state index in [1.165, 1.54) is 18.3 Å². The van der Waals surface area contributed by atoms with E-state index in [9.17, 15) is 9.59 Å². The van der Waals surface area contributed by atoms with Crippen molar-refractivity contribution in [3.05, 3.63) is 35.7 Å². The fraction of sp³-hybridized carbons (Fsp3) is 0.267. The molecule has 6 heteroatoms. The summed E-state index contributed by atoms with van der Waals surface area (Å²) in [4.78, 5) is 27.5. The molecule has 0 atom stereocenters. The summed E-state index contributed by atoms with van der Waals surface area (Å²) in [5, 5.41) is 2.75. The number of carbonyl (C=O) groups is 2. The first-order chi connectivity index (χ1) is 10.0. The Labute approximate surface area is 126 Å². The second kappa shape index (κ2) is 6.49. The molecular weight excluding hydrogens is 286 g/mol. The first kappa shape index (κ1) is 15.2. The maximum Gasteiger partial charge on any atom is 0.248 e. The van der Waals surface area contributed by atoms with Gasteiger partial charge in [0.15, 0.2) is 4.80 Å². The van der Waals surface area contributed by atoms with Gasteiger partial charge in [-0.25, -0.2) is 0 Å². The Morgan fingerprint density at radius 2 is 2.24 bits per heavy atom. The third kappa shape index (κ3) is 3.46. The third-order valence-electron chi connectivity index (χ3n) is 2.84. The van der Waals surface area contributed by atoms with E-state index < -0.39 is 0 Å². The number of rotatable bonds is 4. The molecule has 2 rings (SSSR count). The zero-order valence-corrected chi connectivity index (χ0v) is 12.9. The molecule has 1 heterocycles. The third-order valence-corrected chi connectivity index (χ3v) is 3.88. The standard InChI is InChI=1S/C15H17N3O2S/c1-4-8-18-12-7-6-11(16-10(3)19)9-13(12)21-15(18)17-14(20)5-2/h4,6-7,9H,1,5,8H2,2-3H3,(H,16,19). The number of aromatic nitrogens is 1. The van der Waals surface area contributed by atoms with Gasteiger partial charge in [0.05, 0.1) is 10.2 Å². The fourth-order valence-electron chi connectivity index (χ4n) is 1.93. The van der Waals surface area contributed by atoms with Crippen molar-refractivity contribution < 1.29 is 9.59 Å². The molecule has 1 aromatic heterocycles. The van der Waals surface area contributed by atoms with Gasteiger partial charge in [-0.2, -0.15) is 4.99 Å². The SMILES string of the molecule is C=CCn1c(=NC(=O)CC)sc2cc(NC(C)=O)ccc21. The van der Waals surface area contributed by atoms with Crippen molar-refractivity contribution >= 4 is 39.1 Å². The Morgan fingerprint density at radius 3 is 2.86 bits per heavy atom. The normalized spacial score (nSPS) is 11.6. The molecule has 0 aliphatic carbocycles. The van der Waals surface area contributed by atoms with Gasteiger partial charge in [0.2, 0.25) is 11.8 Å². The molecule has 110 valence electrons. The average Bonchev–Trinajstić information content (AvgIpc) is 2.75. The van der Waals surface area contributed by atoms with E-state index >= 15 is 0 Å². The summed E-state index contributed by atoms with van der Waals surface area (Å²) in [6.45, 7) is 7.57. The topological polar surface area (TPSA) is 63.5 Å². The average molecular weight is 303 g/mol. The molecule has 0 aliphatic rings. The lowest BCUT2D eigenvalue weighted by molar-refractivity contribution is -0.117. The largest absolute Gasteiger partial charge is 0.326 e. The number of anilines is 1. The molecule has 0 radical (unpaired) electrons. The molecule has 2 amide bonds.